The Morgan fingerprint density at radius 3 is 2.46 bits per heavy atom. The number of sulfonamides is 1. The molecule has 1 heterocycles. The maximum Gasteiger partial charge on any atom is 0.265 e. The number of rotatable bonds is 3. The van der Waals surface area contributed by atoms with Crippen LogP contribution in [0.2, 0.25) is 0 Å². The van der Waals surface area contributed by atoms with Gasteiger partial charge in [-0.1, -0.05) is 24.3 Å². The third kappa shape index (κ3) is 2.84. The molecule has 124 valence electrons. The van der Waals surface area contributed by atoms with Crippen molar-refractivity contribution in [2.75, 3.05) is 11.1 Å². The highest BCUT2D eigenvalue weighted by Crippen LogP contribution is 2.34. The van der Waals surface area contributed by atoms with Crippen molar-refractivity contribution in [2.24, 2.45) is 10.9 Å². The second-order valence-corrected chi connectivity index (χ2v) is 7.00. The summed E-state index contributed by atoms with van der Waals surface area (Å²) in [5.74, 6) is -0.603. The number of amides is 1. The van der Waals surface area contributed by atoms with Gasteiger partial charge in [0.25, 0.3) is 5.91 Å². The minimum atomic E-state index is -3.91. The van der Waals surface area contributed by atoms with Crippen LogP contribution in [0.1, 0.15) is 11.1 Å². The van der Waals surface area contributed by atoms with Crippen LogP contribution in [-0.2, 0) is 21.2 Å². The highest BCUT2D eigenvalue weighted by atomic mass is 32.2. The molecule has 1 amide bonds. The van der Waals surface area contributed by atoms with Crippen molar-refractivity contribution in [2.45, 2.75) is 11.3 Å². The Morgan fingerprint density at radius 1 is 1.12 bits per heavy atom. The summed E-state index contributed by atoms with van der Waals surface area (Å²) >= 11 is 0. The van der Waals surface area contributed by atoms with E-state index in [0.29, 0.717) is 17.6 Å². The number of anilines is 2. The van der Waals surface area contributed by atoms with Gasteiger partial charge in [-0.15, -0.1) is 0 Å². The lowest BCUT2D eigenvalue weighted by Crippen LogP contribution is -2.25. The number of nitrogens with two attached hydrogens (primary N) is 3. The average molecular weight is 344 g/mol. The van der Waals surface area contributed by atoms with Crippen LogP contribution in [0, 0.1) is 0 Å². The summed E-state index contributed by atoms with van der Waals surface area (Å²) in [6, 6.07) is 11.9. The number of primary amides is 1. The molecule has 0 aliphatic carbocycles. The lowest BCUT2D eigenvalue weighted by atomic mass is 9.91. The summed E-state index contributed by atoms with van der Waals surface area (Å²) < 4.78 is 23.0. The van der Waals surface area contributed by atoms with Crippen molar-refractivity contribution < 1.29 is 13.2 Å². The number of carbonyl (C=O) groups excluding carboxylic acids is 1. The van der Waals surface area contributed by atoms with Gasteiger partial charge in [0.1, 0.15) is 10.6 Å². The van der Waals surface area contributed by atoms with Gasteiger partial charge in [0.15, 0.2) is 0 Å². The predicted octanol–water partition coefficient (Wildman–Crippen LogP) is 0.781. The number of benzene rings is 2. The molecule has 0 atom stereocenters. The molecule has 0 saturated carbocycles. The molecule has 8 heteroatoms. The minimum absolute atomic E-state index is 0.0187. The Balaban J connectivity index is 2.13. The second-order valence-electron chi connectivity index (χ2n) is 5.47. The Hall–Kier alpha value is -2.84. The van der Waals surface area contributed by atoms with Gasteiger partial charge in [0.2, 0.25) is 10.0 Å². The number of fused-ring (bicyclic) bond motifs is 1. The van der Waals surface area contributed by atoms with Crippen LogP contribution >= 0.6 is 0 Å². The summed E-state index contributed by atoms with van der Waals surface area (Å²) in [6.07, 6.45) is 0.468. The summed E-state index contributed by atoms with van der Waals surface area (Å²) in [5, 5.41) is 8.15. The van der Waals surface area contributed by atoms with Crippen LogP contribution in [0.4, 0.5) is 11.4 Å². The predicted molar refractivity (Wildman–Crippen MR) is 92.1 cm³/mol. The largest absolute Gasteiger partial charge is 0.398 e. The molecule has 0 bridgehead atoms. The summed E-state index contributed by atoms with van der Waals surface area (Å²) in [7, 11) is -3.91. The summed E-state index contributed by atoms with van der Waals surface area (Å²) in [5.41, 5.74) is 14.6. The topological polar surface area (TPSA) is 141 Å². The third-order valence-electron chi connectivity index (χ3n) is 3.86. The van der Waals surface area contributed by atoms with E-state index in [1.165, 1.54) is 12.1 Å². The number of hydrogen-bond acceptors (Lipinski definition) is 5. The van der Waals surface area contributed by atoms with E-state index < -0.39 is 15.9 Å². The zero-order valence-electron chi connectivity index (χ0n) is 12.6. The number of carbonyl (C=O) groups is 1. The molecule has 24 heavy (non-hydrogen) atoms. The van der Waals surface area contributed by atoms with Crippen molar-refractivity contribution in [1.82, 2.24) is 0 Å². The first-order chi connectivity index (χ1) is 11.3. The average Bonchev–Trinajstić information content (AvgIpc) is 2.52. The van der Waals surface area contributed by atoms with Crippen LogP contribution in [0.15, 0.2) is 53.1 Å². The van der Waals surface area contributed by atoms with Crippen LogP contribution < -0.4 is 21.9 Å². The van der Waals surface area contributed by atoms with Gasteiger partial charge in [-0.25, -0.2) is 13.6 Å². The SMILES string of the molecule is NC(=O)C1=C(c2ccc(S(N)(=O)=O)c(N)c2)Cc2ccccc2N1. The maximum atomic E-state index is 11.8. The lowest BCUT2D eigenvalue weighted by molar-refractivity contribution is -0.114. The first-order valence-electron chi connectivity index (χ1n) is 7.08. The number of primary sulfonamides is 1. The van der Waals surface area contributed by atoms with E-state index in [1.807, 2.05) is 24.3 Å². The van der Waals surface area contributed by atoms with Gasteiger partial charge in [0, 0.05) is 12.1 Å². The van der Waals surface area contributed by atoms with Gasteiger partial charge in [-0.05, 0) is 34.9 Å². The molecular weight excluding hydrogens is 328 g/mol. The van der Waals surface area contributed by atoms with Crippen molar-refractivity contribution in [3.8, 4) is 0 Å². The van der Waals surface area contributed by atoms with E-state index in [9.17, 15) is 13.2 Å². The number of hydrogen-bond donors (Lipinski definition) is 4. The van der Waals surface area contributed by atoms with Crippen LogP contribution in [0.25, 0.3) is 5.57 Å². The molecule has 7 nitrogen and oxygen atoms in total. The zero-order chi connectivity index (χ0) is 17.5. The molecule has 0 unspecified atom stereocenters. The van der Waals surface area contributed by atoms with Gasteiger partial charge in [0.05, 0.1) is 5.69 Å². The number of nitrogen functional groups attached to an aromatic ring is 1. The van der Waals surface area contributed by atoms with Crippen molar-refractivity contribution in [3.05, 3.63) is 59.3 Å². The normalized spacial score (nSPS) is 14.0. The molecule has 0 saturated heterocycles. The van der Waals surface area contributed by atoms with Crippen molar-refractivity contribution in [1.29, 1.82) is 0 Å². The first kappa shape index (κ1) is 16.0. The van der Waals surface area contributed by atoms with Gasteiger partial charge < -0.3 is 16.8 Å². The fourth-order valence-corrected chi connectivity index (χ4v) is 3.38. The van der Waals surface area contributed by atoms with Crippen LogP contribution in [-0.4, -0.2) is 14.3 Å². The van der Waals surface area contributed by atoms with E-state index in [2.05, 4.69) is 5.32 Å². The molecular formula is C16H16N4O3S. The highest BCUT2D eigenvalue weighted by Gasteiger charge is 2.23. The number of allylic oxidation sites excluding steroid dienone is 1. The smallest absolute Gasteiger partial charge is 0.265 e. The monoisotopic (exact) mass is 344 g/mol. The van der Waals surface area contributed by atoms with E-state index in [4.69, 9.17) is 16.6 Å². The molecule has 1 aliphatic heterocycles. The van der Waals surface area contributed by atoms with Crippen molar-refractivity contribution >= 4 is 32.9 Å². The molecule has 7 N–H and O–H groups in total. The molecule has 0 spiro atoms. The van der Waals surface area contributed by atoms with Gasteiger partial charge >= 0.3 is 0 Å². The third-order valence-corrected chi connectivity index (χ3v) is 4.84. The Bertz CT molecular complexity index is 981. The Labute approximate surface area is 139 Å². The zero-order valence-corrected chi connectivity index (χ0v) is 13.4. The summed E-state index contributed by atoms with van der Waals surface area (Å²) in [6.45, 7) is 0. The molecule has 0 radical (unpaired) electrons. The highest BCUT2D eigenvalue weighted by molar-refractivity contribution is 7.89. The maximum absolute atomic E-state index is 11.8. The van der Waals surface area contributed by atoms with Crippen molar-refractivity contribution in [3.63, 3.8) is 0 Å². The molecule has 0 aromatic heterocycles. The molecule has 2 aromatic carbocycles. The Morgan fingerprint density at radius 2 is 1.83 bits per heavy atom. The number of para-hydroxylation sites is 1. The molecule has 1 aliphatic rings. The van der Waals surface area contributed by atoms with Crippen LogP contribution in [0.5, 0.6) is 0 Å². The second kappa shape index (κ2) is 5.66. The fourth-order valence-electron chi connectivity index (χ4n) is 2.74. The van der Waals surface area contributed by atoms with Gasteiger partial charge in [-0.3, -0.25) is 4.79 Å². The molecule has 0 fully saturated rings. The van der Waals surface area contributed by atoms with Crippen LogP contribution in [0.3, 0.4) is 0 Å². The number of nitrogens with one attached hydrogen (secondary N) is 1. The van der Waals surface area contributed by atoms with Gasteiger partial charge in [-0.2, -0.15) is 0 Å². The summed E-state index contributed by atoms with van der Waals surface area (Å²) in [4.78, 5) is 11.7. The minimum Gasteiger partial charge on any atom is -0.398 e. The van der Waals surface area contributed by atoms with E-state index >= 15 is 0 Å². The van der Waals surface area contributed by atoms with E-state index in [0.717, 1.165) is 11.3 Å². The fraction of sp³-hybridized carbons (Fsp3) is 0.0625. The standard InChI is InChI=1S/C16H16N4O3S/c17-12-8-9(5-6-14(12)24(19,22)23)11-7-10-3-1-2-4-13(10)20-15(11)16(18)21/h1-6,8,20H,7,17H2,(H2,18,21)(H2,19,22,23). The first-order valence-corrected chi connectivity index (χ1v) is 8.62. The van der Waals surface area contributed by atoms with E-state index in [1.54, 1.807) is 6.07 Å². The lowest BCUT2D eigenvalue weighted by Gasteiger charge is -2.23. The quantitative estimate of drug-likeness (QED) is 0.609. The Kier molecular flexibility index (Phi) is 3.78. The van der Waals surface area contributed by atoms with E-state index in [-0.39, 0.29) is 16.3 Å². The molecule has 3 rings (SSSR count). The molecule has 2 aromatic rings.